The second-order valence-corrected chi connectivity index (χ2v) is 7.76. The molecule has 0 amide bonds. The zero-order valence-corrected chi connectivity index (χ0v) is 20.3. The van der Waals surface area contributed by atoms with Crippen LogP contribution in [-0.4, -0.2) is 60.8 Å². The van der Waals surface area contributed by atoms with E-state index in [4.69, 9.17) is 9.73 Å². The molecule has 10 nitrogen and oxygen atoms in total. The molecule has 4 rings (SSSR count). The van der Waals surface area contributed by atoms with Gasteiger partial charge in [-0.25, -0.2) is 14.7 Å². The number of nitrogens with one attached hydrogen (secondary N) is 2. The van der Waals surface area contributed by atoms with Crippen LogP contribution in [0, 0.1) is 6.92 Å². The molecular formula is C19H32IN9O. The van der Waals surface area contributed by atoms with Crippen LogP contribution in [0.15, 0.2) is 4.99 Å². The van der Waals surface area contributed by atoms with E-state index in [1.807, 2.05) is 23.2 Å². The molecule has 11 heteroatoms. The van der Waals surface area contributed by atoms with Gasteiger partial charge in [0.25, 0.3) is 0 Å². The van der Waals surface area contributed by atoms with Gasteiger partial charge in [-0.3, -0.25) is 0 Å². The maximum atomic E-state index is 5.75. The predicted octanol–water partition coefficient (Wildman–Crippen LogP) is 1.12. The second kappa shape index (κ2) is 10.5. The van der Waals surface area contributed by atoms with Crippen molar-refractivity contribution in [2.45, 2.75) is 71.2 Å². The van der Waals surface area contributed by atoms with Gasteiger partial charge in [0.2, 0.25) is 0 Å². The monoisotopic (exact) mass is 529 g/mol. The van der Waals surface area contributed by atoms with Crippen molar-refractivity contribution in [3.8, 4) is 0 Å². The molecule has 30 heavy (non-hydrogen) atoms. The number of nitrogens with zero attached hydrogens (tertiary/aromatic N) is 7. The second-order valence-electron chi connectivity index (χ2n) is 7.76. The molecule has 2 aromatic heterocycles. The third-order valence-corrected chi connectivity index (χ3v) is 5.64. The Morgan fingerprint density at radius 2 is 2.17 bits per heavy atom. The average molecular weight is 529 g/mol. The third kappa shape index (κ3) is 5.48. The van der Waals surface area contributed by atoms with Crippen molar-refractivity contribution < 1.29 is 4.74 Å². The summed E-state index contributed by atoms with van der Waals surface area (Å²) in [5.41, 5.74) is 0. The topological polar surface area (TPSA) is 107 Å². The highest BCUT2D eigenvalue weighted by molar-refractivity contribution is 14.0. The number of halogens is 1. The van der Waals surface area contributed by atoms with Gasteiger partial charge in [-0.2, -0.15) is 5.10 Å². The number of hydrogen-bond donors (Lipinski definition) is 2. The first-order chi connectivity index (χ1) is 14.1. The lowest BCUT2D eigenvalue weighted by atomic mass is 10.1. The largest absolute Gasteiger partial charge is 0.376 e. The van der Waals surface area contributed by atoms with E-state index in [0.717, 1.165) is 81.1 Å². The van der Waals surface area contributed by atoms with Crippen molar-refractivity contribution in [1.82, 2.24) is 40.2 Å². The number of fused-ring (bicyclic) bond motifs is 1. The van der Waals surface area contributed by atoms with Crippen LogP contribution >= 0.6 is 24.0 Å². The molecule has 2 aromatic rings. The van der Waals surface area contributed by atoms with Crippen LogP contribution in [0.3, 0.4) is 0 Å². The Hall–Kier alpha value is -1.76. The van der Waals surface area contributed by atoms with Crippen LogP contribution in [0.1, 0.15) is 49.5 Å². The smallest absolute Gasteiger partial charge is 0.192 e. The summed E-state index contributed by atoms with van der Waals surface area (Å²) in [5, 5.41) is 20.0. The molecule has 0 aliphatic carbocycles. The molecule has 2 aliphatic heterocycles. The number of rotatable bonds is 6. The minimum Gasteiger partial charge on any atom is -0.376 e. The van der Waals surface area contributed by atoms with Crippen LogP contribution in [0.25, 0.3) is 0 Å². The van der Waals surface area contributed by atoms with Crippen molar-refractivity contribution in [1.29, 1.82) is 0 Å². The van der Waals surface area contributed by atoms with Crippen LogP contribution in [0.2, 0.25) is 0 Å². The zero-order valence-electron chi connectivity index (χ0n) is 18.0. The fourth-order valence-electron chi connectivity index (χ4n) is 3.73. The average Bonchev–Trinajstić information content (AvgIpc) is 3.45. The number of guanidine groups is 1. The Bertz CT molecular complexity index is 856. The predicted molar refractivity (Wildman–Crippen MR) is 124 cm³/mol. The molecule has 2 N–H and O–H groups in total. The fraction of sp³-hybridized carbons (Fsp3) is 0.737. The molecule has 0 aromatic carbocycles. The molecule has 2 aliphatic rings. The number of aliphatic imine (C=N–C) groups is 1. The Labute approximate surface area is 194 Å². The van der Waals surface area contributed by atoms with E-state index in [1.165, 1.54) is 0 Å². The zero-order chi connectivity index (χ0) is 20.2. The van der Waals surface area contributed by atoms with E-state index >= 15 is 0 Å². The molecule has 2 atom stereocenters. The number of ether oxygens (including phenoxy) is 1. The fourth-order valence-corrected chi connectivity index (χ4v) is 3.73. The molecular weight excluding hydrogens is 497 g/mol. The van der Waals surface area contributed by atoms with Crippen molar-refractivity contribution in [3.05, 3.63) is 23.3 Å². The van der Waals surface area contributed by atoms with Crippen LogP contribution < -0.4 is 10.6 Å². The van der Waals surface area contributed by atoms with Crippen molar-refractivity contribution in [2.75, 3.05) is 13.2 Å². The van der Waals surface area contributed by atoms with E-state index in [2.05, 4.69) is 37.8 Å². The summed E-state index contributed by atoms with van der Waals surface area (Å²) in [6, 6.07) is 0.255. The van der Waals surface area contributed by atoms with Gasteiger partial charge in [-0.15, -0.1) is 34.2 Å². The van der Waals surface area contributed by atoms with Crippen LogP contribution in [0.4, 0.5) is 0 Å². The number of aryl methyl sites for hydroxylation is 3. The van der Waals surface area contributed by atoms with E-state index in [9.17, 15) is 0 Å². The quantitative estimate of drug-likeness (QED) is 0.328. The normalized spacial score (nSPS) is 21.2. The first-order valence-corrected chi connectivity index (χ1v) is 10.6. The first-order valence-electron chi connectivity index (χ1n) is 10.6. The number of hydrogen-bond acceptors (Lipinski definition) is 6. The molecule has 4 heterocycles. The molecule has 166 valence electrons. The minimum atomic E-state index is 0. The van der Waals surface area contributed by atoms with E-state index in [1.54, 1.807) is 0 Å². The standard InChI is InChI=1S/C19H31N9O.HI/c1-4-16-23-17-8-7-14(12-28(17)26-16)22-19(20-10-15-6-5-9-29-15)21-11-18-25-24-13(2)27(18)3;/h14-15H,4-12H2,1-3H3,(H2,20,21,22);1H. The molecule has 1 fully saturated rings. The SMILES string of the molecule is CCc1nc2n(n1)CC(NC(=NCc1nnc(C)n1C)NCC1CCCO1)CC2.I. The highest BCUT2D eigenvalue weighted by Gasteiger charge is 2.23. The Balaban J connectivity index is 0.00000256. The van der Waals surface area contributed by atoms with Gasteiger partial charge in [0.15, 0.2) is 17.6 Å². The van der Waals surface area contributed by atoms with E-state index in [0.29, 0.717) is 6.54 Å². The summed E-state index contributed by atoms with van der Waals surface area (Å²) in [4.78, 5) is 9.37. The van der Waals surface area contributed by atoms with Crippen LogP contribution in [-0.2, 0) is 37.7 Å². The van der Waals surface area contributed by atoms with Gasteiger partial charge in [0.1, 0.15) is 18.2 Å². The first kappa shape index (κ1) is 22.9. The number of aromatic nitrogens is 6. The molecule has 2 unspecified atom stereocenters. The van der Waals surface area contributed by atoms with E-state index in [-0.39, 0.29) is 36.1 Å². The lowest BCUT2D eigenvalue weighted by Crippen LogP contribution is -2.48. The van der Waals surface area contributed by atoms with Gasteiger partial charge >= 0.3 is 0 Å². The maximum absolute atomic E-state index is 5.75. The van der Waals surface area contributed by atoms with Gasteiger partial charge < -0.3 is 19.9 Å². The molecule has 0 radical (unpaired) electrons. The van der Waals surface area contributed by atoms with Crippen LogP contribution in [0.5, 0.6) is 0 Å². The summed E-state index contributed by atoms with van der Waals surface area (Å²) in [6.45, 7) is 6.90. The third-order valence-electron chi connectivity index (χ3n) is 5.64. The lowest BCUT2D eigenvalue weighted by molar-refractivity contribution is 0.113. The van der Waals surface area contributed by atoms with Gasteiger partial charge in [-0.1, -0.05) is 6.92 Å². The highest BCUT2D eigenvalue weighted by atomic mass is 127. The summed E-state index contributed by atoms with van der Waals surface area (Å²) in [6.07, 6.45) is 5.26. The summed E-state index contributed by atoms with van der Waals surface area (Å²) in [7, 11) is 1.96. The summed E-state index contributed by atoms with van der Waals surface area (Å²) >= 11 is 0. The van der Waals surface area contributed by atoms with Crippen molar-refractivity contribution >= 4 is 29.9 Å². The lowest BCUT2D eigenvalue weighted by Gasteiger charge is -2.26. The molecule has 1 saturated heterocycles. The van der Waals surface area contributed by atoms with E-state index < -0.39 is 0 Å². The van der Waals surface area contributed by atoms with Crippen molar-refractivity contribution in [3.63, 3.8) is 0 Å². The summed E-state index contributed by atoms with van der Waals surface area (Å²) in [5.74, 6) is 4.51. The van der Waals surface area contributed by atoms with Gasteiger partial charge in [0.05, 0.1) is 12.6 Å². The van der Waals surface area contributed by atoms with Gasteiger partial charge in [-0.05, 0) is 26.2 Å². The molecule has 0 spiro atoms. The Kier molecular flexibility index (Phi) is 8.03. The van der Waals surface area contributed by atoms with Crippen molar-refractivity contribution in [2.24, 2.45) is 12.0 Å². The maximum Gasteiger partial charge on any atom is 0.192 e. The summed E-state index contributed by atoms with van der Waals surface area (Å²) < 4.78 is 9.75. The highest BCUT2D eigenvalue weighted by Crippen LogP contribution is 2.14. The molecule has 0 bridgehead atoms. The minimum absolute atomic E-state index is 0. The molecule has 0 saturated carbocycles. The van der Waals surface area contributed by atoms with Gasteiger partial charge in [0, 0.05) is 39.1 Å². The Morgan fingerprint density at radius 3 is 2.87 bits per heavy atom. The Morgan fingerprint density at radius 1 is 1.30 bits per heavy atom.